The molecule has 2 fully saturated rings. The van der Waals surface area contributed by atoms with E-state index < -0.39 is 0 Å². The van der Waals surface area contributed by atoms with Gasteiger partial charge in [0.2, 0.25) is 0 Å². The number of piperidine rings is 1. The molecule has 0 radical (unpaired) electrons. The number of Topliss-reactive ketones (excluding diaryl/α,β-unsaturated/α-hetero) is 1. The Balaban J connectivity index is 1.80. The fraction of sp³-hybridized carbons (Fsp3) is 0.929. The standard InChI is InChI=1S/C14H26N2O/c1-15-13-5-3-11(4-6-13)14(17)12-7-9-16(2)10-8-12/h11-13,15H,3-10H2,1-2H3. The van der Waals surface area contributed by atoms with Crippen molar-refractivity contribution in [3.8, 4) is 0 Å². The van der Waals surface area contributed by atoms with Crippen molar-refractivity contribution in [2.24, 2.45) is 11.8 Å². The van der Waals surface area contributed by atoms with Crippen LogP contribution >= 0.6 is 0 Å². The summed E-state index contributed by atoms with van der Waals surface area (Å²) < 4.78 is 0. The van der Waals surface area contributed by atoms with Crippen molar-refractivity contribution in [1.29, 1.82) is 0 Å². The summed E-state index contributed by atoms with van der Waals surface area (Å²) in [5, 5.41) is 3.33. The van der Waals surface area contributed by atoms with Gasteiger partial charge >= 0.3 is 0 Å². The molecule has 0 amide bonds. The van der Waals surface area contributed by atoms with Crippen molar-refractivity contribution in [3.05, 3.63) is 0 Å². The third-order valence-electron chi connectivity index (χ3n) is 4.66. The molecule has 1 aliphatic carbocycles. The van der Waals surface area contributed by atoms with Crippen LogP contribution in [-0.4, -0.2) is 43.9 Å². The van der Waals surface area contributed by atoms with Crippen molar-refractivity contribution in [2.75, 3.05) is 27.2 Å². The van der Waals surface area contributed by atoms with Crippen LogP contribution < -0.4 is 5.32 Å². The number of carbonyl (C=O) groups excluding carboxylic acids is 1. The number of hydrogen-bond donors (Lipinski definition) is 1. The van der Waals surface area contributed by atoms with Crippen molar-refractivity contribution < 1.29 is 4.79 Å². The molecular formula is C14H26N2O. The average Bonchev–Trinajstić information content (AvgIpc) is 2.39. The third kappa shape index (κ3) is 3.29. The van der Waals surface area contributed by atoms with Gasteiger partial charge in [0.05, 0.1) is 0 Å². The lowest BCUT2D eigenvalue weighted by Gasteiger charge is -2.33. The molecule has 0 aromatic carbocycles. The highest BCUT2D eigenvalue weighted by Crippen LogP contribution is 2.30. The molecule has 1 aliphatic heterocycles. The van der Waals surface area contributed by atoms with Gasteiger partial charge in [-0.2, -0.15) is 0 Å². The molecule has 17 heavy (non-hydrogen) atoms. The summed E-state index contributed by atoms with van der Waals surface area (Å²) in [6, 6.07) is 0.650. The van der Waals surface area contributed by atoms with Crippen molar-refractivity contribution in [2.45, 2.75) is 44.6 Å². The molecule has 0 unspecified atom stereocenters. The van der Waals surface area contributed by atoms with Gasteiger partial charge in [-0.1, -0.05) is 0 Å². The van der Waals surface area contributed by atoms with Gasteiger partial charge in [0.1, 0.15) is 5.78 Å². The van der Waals surface area contributed by atoms with Gasteiger partial charge in [-0.05, 0) is 65.7 Å². The summed E-state index contributed by atoms with van der Waals surface area (Å²) in [6.45, 7) is 2.20. The minimum absolute atomic E-state index is 0.363. The zero-order valence-corrected chi connectivity index (χ0v) is 11.2. The Kier molecular flexibility index (Phi) is 4.57. The van der Waals surface area contributed by atoms with Crippen LogP contribution in [0.5, 0.6) is 0 Å². The zero-order valence-electron chi connectivity index (χ0n) is 11.2. The normalized spacial score (nSPS) is 32.6. The first-order valence-electron chi connectivity index (χ1n) is 7.10. The van der Waals surface area contributed by atoms with Gasteiger partial charge in [-0.25, -0.2) is 0 Å². The first kappa shape index (κ1) is 13.0. The molecule has 1 saturated heterocycles. The number of nitrogens with zero attached hydrogens (tertiary/aromatic N) is 1. The lowest BCUT2D eigenvalue weighted by molar-refractivity contribution is -0.129. The highest BCUT2D eigenvalue weighted by atomic mass is 16.1. The number of likely N-dealkylation sites (tertiary alicyclic amines) is 1. The minimum Gasteiger partial charge on any atom is -0.317 e. The van der Waals surface area contributed by atoms with Crippen LogP contribution in [0.25, 0.3) is 0 Å². The lowest BCUT2D eigenvalue weighted by Crippen LogP contribution is -2.38. The van der Waals surface area contributed by atoms with E-state index in [1.807, 2.05) is 7.05 Å². The van der Waals surface area contributed by atoms with Crippen molar-refractivity contribution in [3.63, 3.8) is 0 Å². The molecular weight excluding hydrogens is 212 g/mol. The zero-order chi connectivity index (χ0) is 12.3. The van der Waals surface area contributed by atoms with E-state index >= 15 is 0 Å². The van der Waals surface area contributed by atoms with Gasteiger partial charge in [0, 0.05) is 17.9 Å². The monoisotopic (exact) mass is 238 g/mol. The van der Waals surface area contributed by atoms with E-state index in [0.29, 0.717) is 23.7 Å². The predicted octanol–water partition coefficient (Wildman–Crippen LogP) is 1.68. The molecule has 3 heteroatoms. The van der Waals surface area contributed by atoms with E-state index in [9.17, 15) is 4.79 Å². The fourth-order valence-electron chi connectivity index (χ4n) is 3.29. The summed E-state index contributed by atoms with van der Waals surface area (Å²) in [5.41, 5.74) is 0. The molecule has 0 aromatic rings. The highest BCUT2D eigenvalue weighted by molar-refractivity contribution is 5.83. The average molecular weight is 238 g/mol. The smallest absolute Gasteiger partial charge is 0.139 e. The summed E-state index contributed by atoms with van der Waals surface area (Å²) in [7, 11) is 4.18. The Morgan fingerprint density at radius 1 is 1.00 bits per heavy atom. The maximum atomic E-state index is 12.4. The van der Waals surface area contributed by atoms with Gasteiger partial charge in [0.25, 0.3) is 0 Å². The Hall–Kier alpha value is -0.410. The maximum Gasteiger partial charge on any atom is 0.139 e. The second-order valence-corrected chi connectivity index (χ2v) is 5.82. The number of nitrogens with one attached hydrogen (secondary N) is 1. The Morgan fingerprint density at radius 3 is 2.06 bits per heavy atom. The Bertz CT molecular complexity index is 251. The molecule has 0 atom stereocenters. The van der Waals surface area contributed by atoms with E-state index in [1.165, 1.54) is 12.8 Å². The van der Waals surface area contributed by atoms with E-state index in [-0.39, 0.29) is 0 Å². The SMILES string of the molecule is CNC1CCC(C(=O)C2CCN(C)CC2)CC1. The van der Waals surface area contributed by atoms with Crippen molar-refractivity contribution >= 4 is 5.78 Å². The van der Waals surface area contributed by atoms with E-state index in [2.05, 4.69) is 17.3 Å². The minimum atomic E-state index is 0.363. The lowest BCUT2D eigenvalue weighted by atomic mass is 9.77. The van der Waals surface area contributed by atoms with Gasteiger partial charge in [-0.15, -0.1) is 0 Å². The molecule has 98 valence electrons. The number of ketones is 1. The van der Waals surface area contributed by atoms with E-state index in [0.717, 1.165) is 38.8 Å². The molecule has 3 nitrogen and oxygen atoms in total. The molecule has 2 aliphatic rings. The summed E-state index contributed by atoms with van der Waals surface area (Å²) in [5.74, 6) is 1.31. The molecule has 0 spiro atoms. The quantitative estimate of drug-likeness (QED) is 0.812. The van der Waals surface area contributed by atoms with E-state index in [1.54, 1.807) is 0 Å². The Labute approximate surface area is 105 Å². The van der Waals surface area contributed by atoms with Crippen LogP contribution in [-0.2, 0) is 4.79 Å². The van der Waals surface area contributed by atoms with Crippen LogP contribution in [0, 0.1) is 11.8 Å². The third-order valence-corrected chi connectivity index (χ3v) is 4.66. The van der Waals surface area contributed by atoms with Crippen LogP contribution in [0.3, 0.4) is 0 Å². The summed E-state index contributed by atoms with van der Waals surface area (Å²) >= 11 is 0. The molecule has 1 saturated carbocycles. The molecule has 0 aromatic heterocycles. The number of rotatable bonds is 3. The number of hydrogen-bond acceptors (Lipinski definition) is 3. The Morgan fingerprint density at radius 2 is 1.53 bits per heavy atom. The molecule has 1 N–H and O–H groups in total. The first-order chi connectivity index (χ1) is 8.20. The topological polar surface area (TPSA) is 32.3 Å². The fourth-order valence-corrected chi connectivity index (χ4v) is 3.29. The van der Waals surface area contributed by atoms with Gasteiger partial charge in [-0.3, -0.25) is 4.79 Å². The van der Waals surface area contributed by atoms with Crippen molar-refractivity contribution in [1.82, 2.24) is 10.2 Å². The van der Waals surface area contributed by atoms with Crippen LogP contribution in [0.15, 0.2) is 0 Å². The van der Waals surface area contributed by atoms with Gasteiger partial charge in [0.15, 0.2) is 0 Å². The molecule has 0 bridgehead atoms. The second-order valence-electron chi connectivity index (χ2n) is 5.82. The maximum absolute atomic E-state index is 12.4. The highest BCUT2D eigenvalue weighted by Gasteiger charge is 2.31. The van der Waals surface area contributed by atoms with Crippen LogP contribution in [0.4, 0.5) is 0 Å². The van der Waals surface area contributed by atoms with E-state index in [4.69, 9.17) is 0 Å². The first-order valence-corrected chi connectivity index (χ1v) is 7.10. The summed E-state index contributed by atoms with van der Waals surface area (Å²) in [6.07, 6.45) is 6.75. The predicted molar refractivity (Wildman–Crippen MR) is 70.0 cm³/mol. The van der Waals surface area contributed by atoms with Gasteiger partial charge < -0.3 is 10.2 Å². The summed E-state index contributed by atoms with van der Waals surface area (Å²) in [4.78, 5) is 14.8. The second kappa shape index (κ2) is 5.96. The largest absolute Gasteiger partial charge is 0.317 e. The number of carbonyl (C=O) groups is 1. The molecule has 2 rings (SSSR count). The molecule has 1 heterocycles. The van der Waals surface area contributed by atoms with Crippen LogP contribution in [0.2, 0.25) is 0 Å². The van der Waals surface area contributed by atoms with Crippen LogP contribution in [0.1, 0.15) is 38.5 Å².